The molecule has 0 aromatic heterocycles. The summed E-state index contributed by atoms with van der Waals surface area (Å²) in [5.41, 5.74) is 0. The van der Waals surface area contributed by atoms with Gasteiger partial charge in [0.05, 0.1) is 25.2 Å². The molecule has 0 radical (unpaired) electrons. The van der Waals surface area contributed by atoms with Gasteiger partial charge in [-0.25, -0.2) is 0 Å². The van der Waals surface area contributed by atoms with E-state index in [1.807, 2.05) is 0 Å². The van der Waals surface area contributed by atoms with E-state index in [0.29, 0.717) is 32.5 Å². The molecular weight excluding hydrogens is 198 g/mol. The molecule has 1 aliphatic heterocycles. The third-order valence-corrected chi connectivity index (χ3v) is 3.14. The molecule has 2 rings (SSSR count). The number of carbonyl (C=O) groups is 2. The van der Waals surface area contributed by atoms with Crippen LogP contribution in [0.15, 0.2) is 0 Å². The van der Waals surface area contributed by atoms with Crippen LogP contribution in [-0.4, -0.2) is 36.2 Å². The zero-order chi connectivity index (χ0) is 10.8. The van der Waals surface area contributed by atoms with Crippen LogP contribution in [0.2, 0.25) is 0 Å². The summed E-state index contributed by atoms with van der Waals surface area (Å²) < 4.78 is 4.95. The van der Waals surface area contributed by atoms with Crippen molar-refractivity contribution in [1.82, 2.24) is 5.32 Å². The summed E-state index contributed by atoms with van der Waals surface area (Å²) in [5.74, 6) is -1.24. The van der Waals surface area contributed by atoms with Crippen LogP contribution in [0.25, 0.3) is 0 Å². The molecule has 1 heterocycles. The van der Waals surface area contributed by atoms with E-state index in [9.17, 15) is 9.59 Å². The van der Waals surface area contributed by atoms with E-state index in [1.54, 1.807) is 0 Å². The van der Waals surface area contributed by atoms with Crippen molar-refractivity contribution in [3.8, 4) is 0 Å². The summed E-state index contributed by atoms with van der Waals surface area (Å²) in [4.78, 5) is 22.4. The van der Waals surface area contributed by atoms with Crippen molar-refractivity contribution in [1.29, 1.82) is 0 Å². The number of carbonyl (C=O) groups excluding carboxylic acids is 1. The number of hydrogen-bond acceptors (Lipinski definition) is 3. The van der Waals surface area contributed by atoms with E-state index >= 15 is 0 Å². The Morgan fingerprint density at radius 2 is 1.87 bits per heavy atom. The van der Waals surface area contributed by atoms with Gasteiger partial charge in [0.2, 0.25) is 5.91 Å². The van der Waals surface area contributed by atoms with Crippen molar-refractivity contribution in [3.05, 3.63) is 0 Å². The fourth-order valence-corrected chi connectivity index (χ4v) is 2.08. The standard InChI is InChI=1S/C10H15NO4/c12-9(11-8-4-15-5-8)6-1-2-7(3-6)10(13)14/h6-8H,1-5H2,(H,11,12)(H,13,14)/t6-,7+/m1/s1. The second-order valence-electron chi connectivity index (χ2n) is 4.29. The minimum atomic E-state index is -0.780. The Morgan fingerprint density at radius 3 is 2.33 bits per heavy atom. The number of amides is 1. The lowest BCUT2D eigenvalue weighted by Gasteiger charge is -2.28. The minimum absolute atomic E-state index is 0.00736. The molecule has 0 aromatic carbocycles. The van der Waals surface area contributed by atoms with Gasteiger partial charge in [0.15, 0.2) is 0 Å². The van der Waals surface area contributed by atoms with Crippen LogP contribution in [-0.2, 0) is 14.3 Å². The Morgan fingerprint density at radius 1 is 1.20 bits per heavy atom. The summed E-state index contributed by atoms with van der Waals surface area (Å²) in [6, 6.07) is 0.140. The maximum absolute atomic E-state index is 11.7. The van der Waals surface area contributed by atoms with Crippen molar-refractivity contribution in [2.75, 3.05) is 13.2 Å². The topological polar surface area (TPSA) is 75.6 Å². The Labute approximate surface area is 87.8 Å². The van der Waals surface area contributed by atoms with Crippen molar-refractivity contribution >= 4 is 11.9 Å². The third kappa shape index (κ3) is 2.28. The molecule has 2 N–H and O–H groups in total. The summed E-state index contributed by atoms with van der Waals surface area (Å²) >= 11 is 0. The molecule has 15 heavy (non-hydrogen) atoms. The van der Waals surface area contributed by atoms with E-state index in [1.165, 1.54) is 0 Å². The molecule has 0 aromatic rings. The number of ether oxygens (including phenoxy) is 1. The van der Waals surface area contributed by atoms with Gasteiger partial charge in [-0.15, -0.1) is 0 Å². The van der Waals surface area contributed by atoms with Gasteiger partial charge in [0, 0.05) is 5.92 Å². The molecule has 5 nitrogen and oxygen atoms in total. The lowest BCUT2D eigenvalue weighted by atomic mass is 10.0. The maximum atomic E-state index is 11.7. The molecule has 1 saturated heterocycles. The predicted molar refractivity (Wildman–Crippen MR) is 51.2 cm³/mol. The van der Waals surface area contributed by atoms with E-state index in [0.717, 1.165) is 0 Å². The maximum Gasteiger partial charge on any atom is 0.306 e. The van der Waals surface area contributed by atoms with E-state index in [-0.39, 0.29) is 23.8 Å². The summed E-state index contributed by atoms with van der Waals surface area (Å²) in [5, 5.41) is 11.7. The Bertz CT molecular complexity index is 275. The van der Waals surface area contributed by atoms with Crippen LogP contribution in [0.5, 0.6) is 0 Å². The lowest BCUT2D eigenvalue weighted by Crippen LogP contribution is -2.50. The van der Waals surface area contributed by atoms with Crippen molar-refractivity contribution in [2.24, 2.45) is 11.8 Å². The van der Waals surface area contributed by atoms with E-state index in [2.05, 4.69) is 5.32 Å². The van der Waals surface area contributed by atoms with Gasteiger partial charge in [-0.05, 0) is 19.3 Å². The zero-order valence-electron chi connectivity index (χ0n) is 8.44. The first-order valence-corrected chi connectivity index (χ1v) is 5.27. The molecule has 0 spiro atoms. The number of hydrogen-bond donors (Lipinski definition) is 2. The number of carboxylic acid groups (broad SMARTS) is 1. The fraction of sp³-hybridized carbons (Fsp3) is 0.800. The molecule has 0 bridgehead atoms. The van der Waals surface area contributed by atoms with Gasteiger partial charge >= 0.3 is 5.97 Å². The quantitative estimate of drug-likeness (QED) is 0.692. The largest absolute Gasteiger partial charge is 0.481 e. The van der Waals surface area contributed by atoms with Gasteiger partial charge in [0.25, 0.3) is 0 Å². The van der Waals surface area contributed by atoms with Crippen LogP contribution >= 0.6 is 0 Å². The Balaban J connectivity index is 1.79. The molecular formula is C10H15NO4. The number of nitrogens with one attached hydrogen (secondary N) is 1. The molecule has 1 saturated carbocycles. The summed E-state index contributed by atoms with van der Waals surface area (Å²) in [7, 11) is 0. The highest BCUT2D eigenvalue weighted by Gasteiger charge is 2.35. The highest BCUT2D eigenvalue weighted by molar-refractivity contribution is 5.81. The number of aliphatic carboxylic acids is 1. The average Bonchev–Trinajstić information content (AvgIpc) is 2.59. The molecule has 1 amide bonds. The molecule has 2 aliphatic rings. The zero-order valence-corrected chi connectivity index (χ0v) is 8.44. The molecule has 2 atom stereocenters. The lowest BCUT2D eigenvalue weighted by molar-refractivity contribution is -0.141. The smallest absolute Gasteiger partial charge is 0.306 e. The second kappa shape index (κ2) is 4.18. The molecule has 0 unspecified atom stereocenters. The van der Waals surface area contributed by atoms with Crippen LogP contribution in [0.3, 0.4) is 0 Å². The van der Waals surface area contributed by atoms with Crippen molar-refractivity contribution < 1.29 is 19.4 Å². The van der Waals surface area contributed by atoms with Gasteiger partial charge in [-0.3, -0.25) is 9.59 Å². The summed E-state index contributed by atoms with van der Waals surface area (Å²) in [6.45, 7) is 1.17. The first-order valence-electron chi connectivity index (χ1n) is 5.27. The van der Waals surface area contributed by atoms with Crippen molar-refractivity contribution in [3.63, 3.8) is 0 Å². The highest BCUT2D eigenvalue weighted by Crippen LogP contribution is 2.31. The normalized spacial score (nSPS) is 30.9. The van der Waals surface area contributed by atoms with Crippen LogP contribution in [0.1, 0.15) is 19.3 Å². The van der Waals surface area contributed by atoms with Crippen molar-refractivity contribution in [2.45, 2.75) is 25.3 Å². The molecule has 2 fully saturated rings. The van der Waals surface area contributed by atoms with E-state index in [4.69, 9.17) is 9.84 Å². The number of carboxylic acids is 1. The van der Waals surface area contributed by atoms with Gasteiger partial charge < -0.3 is 15.2 Å². The Kier molecular flexibility index (Phi) is 2.90. The van der Waals surface area contributed by atoms with Gasteiger partial charge in [-0.2, -0.15) is 0 Å². The Hall–Kier alpha value is -1.10. The average molecular weight is 213 g/mol. The highest BCUT2D eigenvalue weighted by atomic mass is 16.5. The molecule has 84 valence electrons. The number of rotatable bonds is 3. The second-order valence-corrected chi connectivity index (χ2v) is 4.29. The minimum Gasteiger partial charge on any atom is -0.481 e. The first-order chi connectivity index (χ1) is 7.16. The summed E-state index contributed by atoms with van der Waals surface area (Å²) in [6.07, 6.45) is 1.79. The third-order valence-electron chi connectivity index (χ3n) is 3.14. The molecule has 1 aliphatic carbocycles. The monoisotopic (exact) mass is 213 g/mol. The molecule has 5 heteroatoms. The van der Waals surface area contributed by atoms with Gasteiger partial charge in [-0.1, -0.05) is 0 Å². The predicted octanol–water partition coefficient (Wildman–Crippen LogP) is 0.00230. The van der Waals surface area contributed by atoms with Gasteiger partial charge in [0.1, 0.15) is 0 Å². The van der Waals surface area contributed by atoms with Crippen LogP contribution < -0.4 is 5.32 Å². The first kappa shape index (κ1) is 10.4. The van der Waals surface area contributed by atoms with Crippen LogP contribution in [0.4, 0.5) is 0 Å². The fourth-order valence-electron chi connectivity index (χ4n) is 2.08. The van der Waals surface area contributed by atoms with E-state index < -0.39 is 5.97 Å². The van der Waals surface area contributed by atoms with Crippen LogP contribution in [0, 0.1) is 11.8 Å². The SMILES string of the molecule is O=C(O)[C@H]1CC[C@@H](C(=O)NC2COC2)C1.